The maximum atomic E-state index is 4.69. The molecule has 0 aliphatic rings. The van der Waals surface area contributed by atoms with Crippen molar-refractivity contribution < 1.29 is 0 Å². The summed E-state index contributed by atoms with van der Waals surface area (Å²) >= 11 is 1.71. The van der Waals surface area contributed by atoms with E-state index in [1.54, 1.807) is 11.3 Å². The summed E-state index contributed by atoms with van der Waals surface area (Å²) < 4.78 is 0. The van der Waals surface area contributed by atoms with Crippen LogP contribution in [0.5, 0.6) is 0 Å². The Bertz CT molecular complexity index is 733. The van der Waals surface area contributed by atoms with Crippen LogP contribution >= 0.6 is 11.3 Å². The Kier molecular flexibility index (Phi) is 4.27. The van der Waals surface area contributed by atoms with Crippen LogP contribution in [0, 0.1) is 5.92 Å². The molecule has 1 aromatic carbocycles. The van der Waals surface area contributed by atoms with Crippen LogP contribution in [-0.4, -0.2) is 16.5 Å². The third kappa shape index (κ3) is 3.46. The van der Waals surface area contributed by atoms with Crippen LogP contribution < -0.4 is 5.32 Å². The highest BCUT2D eigenvalue weighted by atomic mass is 32.1. The molecule has 21 heavy (non-hydrogen) atoms. The van der Waals surface area contributed by atoms with E-state index in [9.17, 15) is 0 Å². The Balaban J connectivity index is 1.77. The number of hydrogen-bond donors (Lipinski definition) is 1. The van der Waals surface area contributed by atoms with Crippen molar-refractivity contribution in [2.45, 2.75) is 20.4 Å². The van der Waals surface area contributed by atoms with Crippen molar-refractivity contribution in [3.05, 3.63) is 47.5 Å². The smallest absolute Gasteiger partial charge is 0.142 e. The highest BCUT2D eigenvalue weighted by Crippen LogP contribution is 2.25. The Labute approximate surface area is 129 Å². The third-order valence-corrected chi connectivity index (χ3v) is 4.24. The molecular weight excluding hydrogens is 278 g/mol. The molecule has 3 aromatic rings. The standard InChI is InChI=1S/C17H19N3S/c1-12(2)9-18-10-14-11-19-17(21-14)16-8-7-13-5-3-4-6-15(13)20-16/h3-8,11-12,18H,9-10H2,1-2H3. The first-order valence-corrected chi connectivity index (χ1v) is 8.05. The van der Waals surface area contributed by atoms with Gasteiger partial charge in [0.05, 0.1) is 11.2 Å². The lowest BCUT2D eigenvalue weighted by molar-refractivity contribution is 0.554. The number of pyridine rings is 1. The molecule has 0 radical (unpaired) electrons. The number of thiazole rings is 1. The maximum Gasteiger partial charge on any atom is 0.142 e. The first-order chi connectivity index (χ1) is 10.2. The fourth-order valence-corrected chi connectivity index (χ4v) is 3.03. The molecule has 2 aromatic heterocycles. The summed E-state index contributed by atoms with van der Waals surface area (Å²) in [7, 11) is 0. The second-order valence-corrected chi connectivity index (χ2v) is 6.66. The first-order valence-electron chi connectivity index (χ1n) is 7.24. The van der Waals surface area contributed by atoms with Crippen molar-refractivity contribution in [3.63, 3.8) is 0 Å². The zero-order valence-corrected chi connectivity index (χ0v) is 13.2. The fourth-order valence-electron chi connectivity index (χ4n) is 2.18. The molecule has 4 heteroatoms. The summed E-state index contributed by atoms with van der Waals surface area (Å²) in [6, 6.07) is 12.3. The predicted octanol–water partition coefficient (Wildman–Crippen LogP) is 4.10. The van der Waals surface area contributed by atoms with Crippen molar-refractivity contribution in [2.24, 2.45) is 5.92 Å². The van der Waals surface area contributed by atoms with Gasteiger partial charge in [-0.3, -0.25) is 0 Å². The lowest BCUT2D eigenvalue weighted by atomic mass is 10.2. The van der Waals surface area contributed by atoms with Gasteiger partial charge in [-0.15, -0.1) is 11.3 Å². The number of rotatable bonds is 5. The molecule has 108 valence electrons. The van der Waals surface area contributed by atoms with Gasteiger partial charge in [0, 0.05) is 23.0 Å². The van der Waals surface area contributed by atoms with E-state index in [0.29, 0.717) is 5.92 Å². The monoisotopic (exact) mass is 297 g/mol. The molecule has 0 aliphatic carbocycles. The Morgan fingerprint density at radius 2 is 2.00 bits per heavy atom. The fraction of sp³-hybridized carbons (Fsp3) is 0.294. The van der Waals surface area contributed by atoms with Gasteiger partial charge in [-0.05, 0) is 24.6 Å². The number of nitrogens with zero attached hydrogens (tertiary/aromatic N) is 2. The molecule has 0 atom stereocenters. The first kappa shape index (κ1) is 14.2. The minimum Gasteiger partial charge on any atom is -0.312 e. The second-order valence-electron chi connectivity index (χ2n) is 5.55. The molecule has 0 amide bonds. The lowest BCUT2D eigenvalue weighted by Crippen LogP contribution is -2.18. The number of nitrogens with one attached hydrogen (secondary N) is 1. The summed E-state index contributed by atoms with van der Waals surface area (Å²) in [5.41, 5.74) is 1.97. The molecule has 0 saturated carbocycles. The molecule has 0 aliphatic heterocycles. The van der Waals surface area contributed by atoms with E-state index in [1.165, 1.54) is 4.88 Å². The second kappa shape index (κ2) is 6.33. The van der Waals surface area contributed by atoms with E-state index < -0.39 is 0 Å². The van der Waals surface area contributed by atoms with Crippen LogP contribution in [0.4, 0.5) is 0 Å². The topological polar surface area (TPSA) is 37.8 Å². The van der Waals surface area contributed by atoms with Gasteiger partial charge in [0.15, 0.2) is 0 Å². The molecule has 1 N–H and O–H groups in total. The summed E-state index contributed by atoms with van der Waals surface area (Å²) in [4.78, 5) is 10.5. The summed E-state index contributed by atoms with van der Waals surface area (Å²) in [5.74, 6) is 0.666. The lowest BCUT2D eigenvalue weighted by Gasteiger charge is -2.04. The van der Waals surface area contributed by atoms with Crippen LogP contribution in [0.1, 0.15) is 18.7 Å². The van der Waals surface area contributed by atoms with E-state index in [2.05, 4.69) is 36.3 Å². The quantitative estimate of drug-likeness (QED) is 0.770. The number of fused-ring (bicyclic) bond motifs is 1. The summed E-state index contributed by atoms with van der Waals surface area (Å²) in [6.07, 6.45) is 1.95. The molecule has 3 nitrogen and oxygen atoms in total. The molecule has 3 rings (SSSR count). The molecule has 0 saturated heterocycles. The Morgan fingerprint density at radius 3 is 2.86 bits per heavy atom. The normalized spacial score (nSPS) is 11.4. The molecule has 2 heterocycles. The summed E-state index contributed by atoms with van der Waals surface area (Å²) in [5, 5.41) is 5.60. The van der Waals surface area contributed by atoms with Crippen LogP contribution in [0.3, 0.4) is 0 Å². The van der Waals surface area contributed by atoms with E-state index >= 15 is 0 Å². The van der Waals surface area contributed by atoms with Crippen LogP contribution in [0.2, 0.25) is 0 Å². The average Bonchev–Trinajstić information content (AvgIpc) is 2.95. The average molecular weight is 297 g/mol. The van der Waals surface area contributed by atoms with Crippen LogP contribution in [0.25, 0.3) is 21.6 Å². The van der Waals surface area contributed by atoms with E-state index in [0.717, 1.165) is 34.7 Å². The third-order valence-electron chi connectivity index (χ3n) is 3.22. The summed E-state index contributed by atoms with van der Waals surface area (Å²) in [6.45, 7) is 6.33. The van der Waals surface area contributed by atoms with Crippen molar-refractivity contribution in [1.82, 2.24) is 15.3 Å². The zero-order valence-electron chi connectivity index (χ0n) is 12.3. The Morgan fingerprint density at radius 1 is 1.14 bits per heavy atom. The molecule has 0 spiro atoms. The van der Waals surface area contributed by atoms with Crippen molar-refractivity contribution in [2.75, 3.05) is 6.54 Å². The largest absolute Gasteiger partial charge is 0.312 e. The number of aromatic nitrogens is 2. The van der Waals surface area contributed by atoms with Gasteiger partial charge < -0.3 is 5.32 Å². The molecule has 0 bridgehead atoms. The van der Waals surface area contributed by atoms with Gasteiger partial charge in [0.25, 0.3) is 0 Å². The molecular formula is C17H19N3S. The number of hydrogen-bond acceptors (Lipinski definition) is 4. The van der Waals surface area contributed by atoms with E-state index in [1.807, 2.05) is 30.5 Å². The van der Waals surface area contributed by atoms with Gasteiger partial charge in [-0.25, -0.2) is 9.97 Å². The highest BCUT2D eigenvalue weighted by molar-refractivity contribution is 7.15. The maximum absolute atomic E-state index is 4.69. The van der Waals surface area contributed by atoms with Crippen molar-refractivity contribution in [3.8, 4) is 10.7 Å². The van der Waals surface area contributed by atoms with Crippen LogP contribution in [-0.2, 0) is 6.54 Å². The van der Waals surface area contributed by atoms with E-state index in [-0.39, 0.29) is 0 Å². The SMILES string of the molecule is CC(C)CNCc1cnc(-c2ccc3ccccc3n2)s1. The minimum atomic E-state index is 0.666. The zero-order chi connectivity index (χ0) is 14.7. The number of para-hydroxylation sites is 1. The van der Waals surface area contributed by atoms with Gasteiger partial charge >= 0.3 is 0 Å². The van der Waals surface area contributed by atoms with Gasteiger partial charge in [-0.2, -0.15) is 0 Å². The van der Waals surface area contributed by atoms with Gasteiger partial charge in [0.1, 0.15) is 5.01 Å². The van der Waals surface area contributed by atoms with Gasteiger partial charge in [-0.1, -0.05) is 38.1 Å². The number of benzene rings is 1. The minimum absolute atomic E-state index is 0.666. The highest BCUT2D eigenvalue weighted by Gasteiger charge is 2.07. The van der Waals surface area contributed by atoms with Crippen LogP contribution in [0.15, 0.2) is 42.6 Å². The molecule has 0 unspecified atom stereocenters. The predicted molar refractivity (Wildman–Crippen MR) is 89.4 cm³/mol. The van der Waals surface area contributed by atoms with Crippen molar-refractivity contribution >= 4 is 22.2 Å². The van der Waals surface area contributed by atoms with E-state index in [4.69, 9.17) is 4.98 Å². The van der Waals surface area contributed by atoms with Gasteiger partial charge in [0.2, 0.25) is 0 Å². The molecule has 0 fully saturated rings. The Hall–Kier alpha value is -1.78. The van der Waals surface area contributed by atoms with Crippen molar-refractivity contribution in [1.29, 1.82) is 0 Å².